The summed E-state index contributed by atoms with van der Waals surface area (Å²) in [4.78, 5) is 12.7. The molecule has 0 radical (unpaired) electrons. The fraction of sp³-hybridized carbons (Fsp3) is 0.259. The molecule has 6 nitrogen and oxygen atoms in total. The van der Waals surface area contributed by atoms with Gasteiger partial charge >= 0.3 is 0 Å². The fourth-order valence-electron chi connectivity index (χ4n) is 3.64. The van der Waals surface area contributed by atoms with E-state index in [0.717, 1.165) is 28.1 Å². The minimum Gasteiger partial charge on any atom is -0.485 e. The van der Waals surface area contributed by atoms with Gasteiger partial charge in [-0.05, 0) is 66.8 Å². The summed E-state index contributed by atoms with van der Waals surface area (Å²) in [5.41, 5.74) is 4.26. The largest absolute Gasteiger partial charge is 0.485 e. The van der Waals surface area contributed by atoms with Gasteiger partial charge in [0.05, 0.1) is 6.54 Å². The molecule has 0 spiro atoms. The number of hydrogen-bond acceptors (Lipinski definition) is 4. The molecule has 0 unspecified atom stereocenters. The fourth-order valence-corrected chi connectivity index (χ4v) is 3.77. The first-order chi connectivity index (χ1) is 16.3. The molecule has 0 bridgehead atoms. The summed E-state index contributed by atoms with van der Waals surface area (Å²) in [6.45, 7) is 9.06. The summed E-state index contributed by atoms with van der Waals surface area (Å²) in [5, 5.41) is 7.99. The molecular weight excluding hydrogens is 450 g/mol. The van der Waals surface area contributed by atoms with Gasteiger partial charge in [-0.25, -0.2) is 0 Å². The normalized spacial score (nSPS) is 11.1. The molecule has 34 heavy (non-hydrogen) atoms. The van der Waals surface area contributed by atoms with Crippen LogP contribution in [0.4, 0.5) is 5.82 Å². The summed E-state index contributed by atoms with van der Waals surface area (Å²) in [6, 6.07) is 19.0. The number of rotatable bonds is 8. The van der Waals surface area contributed by atoms with Crippen LogP contribution < -0.4 is 10.1 Å². The van der Waals surface area contributed by atoms with E-state index in [1.54, 1.807) is 12.1 Å². The van der Waals surface area contributed by atoms with Gasteiger partial charge in [0.2, 0.25) is 0 Å². The molecule has 0 fully saturated rings. The molecule has 0 aliphatic heterocycles. The Morgan fingerprint density at radius 3 is 2.59 bits per heavy atom. The highest BCUT2D eigenvalue weighted by atomic mass is 35.5. The highest BCUT2D eigenvalue weighted by Gasteiger charge is 2.15. The van der Waals surface area contributed by atoms with Gasteiger partial charge in [0.1, 0.15) is 18.1 Å². The van der Waals surface area contributed by atoms with Crippen LogP contribution in [0.2, 0.25) is 5.02 Å². The predicted octanol–water partition coefficient (Wildman–Crippen LogP) is 6.75. The van der Waals surface area contributed by atoms with Gasteiger partial charge in [-0.2, -0.15) is 5.10 Å². The zero-order valence-corrected chi connectivity index (χ0v) is 20.5. The number of halogens is 1. The molecule has 7 heteroatoms. The first kappa shape index (κ1) is 23.6. The van der Waals surface area contributed by atoms with Crippen LogP contribution in [0.25, 0.3) is 0 Å². The number of carbonyl (C=O) groups excluding carboxylic acids is 1. The summed E-state index contributed by atoms with van der Waals surface area (Å²) in [7, 11) is 0. The molecule has 2 heterocycles. The molecule has 1 amide bonds. The third-order valence-corrected chi connectivity index (χ3v) is 5.77. The van der Waals surface area contributed by atoms with Crippen molar-refractivity contribution in [3.8, 4) is 5.75 Å². The number of furan rings is 1. The Morgan fingerprint density at radius 1 is 1.09 bits per heavy atom. The van der Waals surface area contributed by atoms with E-state index < -0.39 is 0 Å². The van der Waals surface area contributed by atoms with Crippen LogP contribution in [-0.2, 0) is 13.2 Å². The maximum atomic E-state index is 12.7. The second-order valence-electron chi connectivity index (χ2n) is 8.66. The van der Waals surface area contributed by atoms with E-state index in [1.165, 1.54) is 0 Å². The van der Waals surface area contributed by atoms with Crippen molar-refractivity contribution in [1.82, 2.24) is 9.78 Å². The maximum Gasteiger partial charge on any atom is 0.292 e. The van der Waals surface area contributed by atoms with Gasteiger partial charge in [0.15, 0.2) is 11.6 Å². The predicted molar refractivity (Wildman–Crippen MR) is 134 cm³/mol. The van der Waals surface area contributed by atoms with Crippen LogP contribution >= 0.6 is 11.6 Å². The lowest BCUT2D eigenvalue weighted by Gasteiger charge is -2.14. The van der Waals surface area contributed by atoms with E-state index in [-0.39, 0.29) is 18.3 Å². The molecule has 1 N–H and O–H groups in total. The Kier molecular flexibility index (Phi) is 7.08. The van der Waals surface area contributed by atoms with Gasteiger partial charge in [0, 0.05) is 16.8 Å². The number of hydrogen-bond donors (Lipinski definition) is 1. The van der Waals surface area contributed by atoms with Crippen LogP contribution in [-0.4, -0.2) is 15.7 Å². The van der Waals surface area contributed by atoms with Crippen molar-refractivity contribution in [3.05, 3.63) is 99.6 Å². The lowest BCUT2D eigenvalue weighted by molar-refractivity contribution is 0.0992. The quantitative estimate of drug-likeness (QED) is 0.304. The minimum absolute atomic E-state index is 0.205. The molecule has 0 saturated heterocycles. The van der Waals surface area contributed by atoms with Crippen molar-refractivity contribution in [2.24, 2.45) is 0 Å². The number of anilines is 1. The average molecular weight is 478 g/mol. The molecule has 4 rings (SSSR count). The molecule has 0 aliphatic carbocycles. The van der Waals surface area contributed by atoms with Crippen molar-refractivity contribution in [2.45, 2.75) is 46.8 Å². The smallest absolute Gasteiger partial charge is 0.292 e. The van der Waals surface area contributed by atoms with Gasteiger partial charge < -0.3 is 14.5 Å². The first-order valence-electron chi connectivity index (χ1n) is 11.2. The van der Waals surface area contributed by atoms with Crippen molar-refractivity contribution in [3.63, 3.8) is 0 Å². The zero-order valence-electron chi connectivity index (χ0n) is 19.8. The lowest BCUT2D eigenvalue weighted by Crippen LogP contribution is -2.12. The van der Waals surface area contributed by atoms with Crippen LogP contribution in [0.1, 0.15) is 58.5 Å². The summed E-state index contributed by atoms with van der Waals surface area (Å²) in [5.74, 6) is 2.06. The number of nitrogens with one attached hydrogen (secondary N) is 1. The summed E-state index contributed by atoms with van der Waals surface area (Å²) < 4.78 is 13.6. The molecule has 176 valence electrons. The topological polar surface area (TPSA) is 69.3 Å². The van der Waals surface area contributed by atoms with Crippen LogP contribution in [0.3, 0.4) is 0 Å². The Morgan fingerprint density at radius 2 is 1.85 bits per heavy atom. The number of amides is 1. The SMILES string of the molecule is Cc1ccc(C(C)C)c(OCc2ccc(C(=O)Nc3cc(C)n(Cc4ccc(Cl)cc4)n3)o2)c1. The number of benzene rings is 2. The standard InChI is InChI=1S/C27H28ClN3O3/c1-17(2)23-11-5-18(3)13-25(23)33-16-22-10-12-24(34-22)27(32)29-26-14-19(4)31(30-26)15-20-6-8-21(28)9-7-20/h5-14,17H,15-16H2,1-4H3,(H,29,30,32). The lowest BCUT2D eigenvalue weighted by atomic mass is 10.0. The monoisotopic (exact) mass is 477 g/mol. The van der Waals surface area contributed by atoms with Crippen LogP contribution in [0.5, 0.6) is 5.75 Å². The molecule has 4 aromatic rings. The number of aromatic nitrogens is 2. The second-order valence-corrected chi connectivity index (χ2v) is 9.10. The number of carbonyl (C=O) groups is 1. The minimum atomic E-state index is -0.360. The molecule has 0 atom stereocenters. The Hall–Kier alpha value is -3.51. The van der Waals surface area contributed by atoms with Gasteiger partial charge in [-0.1, -0.05) is 49.7 Å². The third-order valence-electron chi connectivity index (χ3n) is 5.51. The molecule has 2 aromatic heterocycles. The van der Waals surface area contributed by atoms with Crippen molar-refractivity contribution in [2.75, 3.05) is 5.32 Å². The highest BCUT2D eigenvalue weighted by molar-refractivity contribution is 6.30. The van der Waals surface area contributed by atoms with Crippen molar-refractivity contribution >= 4 is 23.3 Å². The second kappa shape index (κ2) is 10.2. The van der Waals surface area contributed by atoms with Crippen molar-refractivity contribution < 1.29 is 13.9 Å². The zero-order chi connectivity index (χ0) is 24.2. The number of aryl methyl sites for hydroxylation is 2. The molecule has 0 saturated carbocycles. The van der Waals surface area contributed by atoms with E-state index in [2.05, 4.69) is 36.4 Å². The van der Waals surface area contributed by atoms with E-state index >= 15 is 0 Å². The van der Waals surface area contributed by atoms with Crippen LogP contribution in [0.15, 0.2) is 65.1 Å². The summed E-state index contributed by atoms with van der Waals surface area (Å²) >= 11 is 5.96. The number of nitrogens with zero attached hydrogens (tertiary/aromatic N) is 2. The summed E-state index contributed by atoms with van der Waals surface area (Å²) in [6.07, 6.45) is 0. The molecule has 2 aromatic carbocycles. The average Bonchev–Trinajstić information content (AvgIpc) is 3.40. The maximum absolute atomic E-state index is 12.7. The highest BCUT2D eigenvalue weighted by Crippen LogP contribution is 2.28. The van der Waals surface area contributed by atoms with E-state index in [0.29, 0.717) is 29.1 Å². The first-order valence-corrected chi connectivity index (χ1v) is 11.6. The Labute approximate surface area is 204 Å². The van der Waals surface area contributed by atoms with E-state index in [4.69, 9.17) is 20.8 Å². The number of ether oxygens (including phenoxy) is 1. The Bertz CT molecular complexity index is 1290. The van der Waals surface area contributed by atoms with E-state index in [9.17, 15) is 4.79 Å². The van der Waals surface area contributed by atoms with Gasteiger partial charge in [0.25, 0.3) is 5.91 Å². The Balaban J connectivity index is 1.38. The van der Waals surface area contributed by atoms with Gasteiger partial charge in [-0.15, -0.1) is 0 Å². The van der Waals surface area contributed by atoms with Gasteiger partial charge in [-0.3, -0.25) is 9.48 Å². The molecular formula is C27H28ClN3O3. The van der Waals surface area contributed by atoms with E-state index in [1.807, 2.05) is 54.9 Å². The third kappa shape index (κ3) is 5.69. The van der Waals surface area contributed by atoms with Crippen LogP contribution in [0, 0.1) is 13.8 Å². The van der Waals surface area contributed by atoms with Crippen molar-refractivity contribution in [1.29, 1.82) is 0 Å². The molecule has 0 aliphatic rings.